The van der Waals surface area contributed by atoms with E-state index in [0.29, 0.717) is 0 Å². The highest BCUT2D eigenvalue weighted by atomic mass is 15.1. The SMILES string of the molecule is N#Cc1ccc(N2CCC3CCCCC3C2)cc1. The van der Waals surface area contributed by atoms with Crippen molar-refractivity contribution in [3.05, 3.63) is 29.8 Å². The molecule has 2 unspecified atom stereocenters. The maximum atomic E-state index is 8.83. The van der Waals surface area contributed by atoms with Gasteiger partial charge in [-0.25, -0.2) is 0 Å². The van der Waals surface area contributed by atoms with Crippen LogP contribution in [-0.2, 0) is 0 Å². The van der Waals surface area contributed by atoms with Crippen molar-refractivity contribution in [2.24, 2.45) is 11.8 Å². The molecule has 0 aromatic heterocycles. The predicted molar refractivity (Wildman–Crippen MR) is 73.4 cm³/mol. The first kappa shape index (κ1) is 11.6. The molecule has 1 aliphatic heterocycles. The quantitative estimate of drug-likeness (QED) is 0.750. The van der Waals surface area contributed by atoms with Gasteiger partial charge < -0.3 is 4.90 Å². The van der Waals surface area contributed by atoms with Crippen molar-refractivity contribution < 1.29 is 0 Å². The molecule has 3 rings (SSSR count). The molecule has 18 heavy (non-hydrogen) atoms. The van der Waals surface area contributed by atoms with E-state index in [0.717, 1.165) is 17.4 Å². The van der Waals surface area contributed by atoms with E-state index in [9.17, 15) is 0 Å². The second-order valence-electron chi connectivity index (χ2n) is 5.70. The Labute approximate surface area is 109 Å². The van der Waals surface area contributed by atoms with Crippen molar-refractivity contribution in [3.63, 3.8) is 0 Å². The minimum atomic E-state index is 0.756. The lowest BCUT2D eigenvalue weighted by Crippen LogP contribution is -2.41. The van der Waals surface area contributed by atoms with Gasteiger partial charge >= 0.3 is 0 Å². The van der Waals surface area contributed by atoms with Gasteiger partial charge in [-0.2, -0.15) is 5.26 Å². The first-order valence-corrected chi connectivity index (χ1v) is 7.12. The molecule has 2 nitrogen and oxygen atoms in total. The van der Waals surface area contributed by atoms with Crippen molar-refractivity contribution in [2.75, 3.05) is 18.0 Å². The fraction of sp³-hybridized carbons (Fsp3) is 0.562. The van der Waals surface area contributed by atoms with Gasteiger partial charge in [0.25, 0.3) is 0 Å². The fourth-order valence-electron chi connectivity index (χ4n) is 3.58. The predicted octanol–water partition coefficient (Wildman–Crippen LogP) is 3.57. The number of nitrogens with zero attached hydrogens (tertiary/aromatic N) is 2. The van der Waals surface area contributed by atoms with Gasteiger partial charge in [0.2, 0.25) is 0 Å². The summed E-state index contributed by atoms with van der Waals surface area (Å²) < 4.78 is 0. The number of rotatable bonds is 1. The Morgan fingerprint density at radius 3 is 2.44 bits per heavy atom. The van der Waals surface area contributed by atoms with Gasteiger partial charge in [0.1, 0.15) is 0 Å². The fourth-order valence-corrected chi connectivity index (χ4v) is 3.58. The summed E-state index contributed by atoms with van der Waals surface area (Å²) in [5.41, 5.74) is 2.05. The van der Waals surface area contributed by atoms with E-state index in [1.807, 2.05) is 12.1 Å². The summed E-state index contributed by atoms with van der Waals surface area (Å²) >= 11 is 0. The van der Waals surface area contributed by atoms with Crippen molar-refractivity contribution in [1.82, 2.24) is 0 Å². The number of benzene rings is 1. The maximum absolute atomic E-state index is 8.83. The van der Waals surface area contributed by atoms with Crippen molar-refractivity contribution in [3.8, 4) is 6.07 Å². The molecule has 2 atom stereocenters. The number of piperidine rings is 1. The Balaban J connectivity index is 1.71. The van der Waals surface area contributed by atoms with Crippen LogP contribution in [0.1, 0.15) is 37.7 Å². The first-order valence-electron chi connectivity index (χ1n) is 7.12. The zero-order chi connectivity index (χ0) is 12.4. The zero-order valence-corrected chi connectivity index (χ0v) is 10.8. The van der Waals surface area contributed by atoms with Crippen molar-refractivity contribution in [1.29, 1.82) is 5.26 Å². The average molecular weight is 240 g/mol. The summed E-state index contributed by atoms with van der Waals surface area (Å²) in [4.78, 5) is 2.51. The summed E-state index contributed by atoms with van der Waals surface area (Å²) in [6.07, 6.45) is 7.08. The van der Waals surface area contributed by atoms with E-state index < -0.39 is 0 Å². The summed E-state index contributed by atoms with van der Waals surface area (Å²) in [6.45, 7) is 2.41. The van der Waals surface area contributed by atoms with Gasteiger partial charge in [-0.05, 0) is 48.9 Å². The third-order valence-electron chi connectivity index (χ3n) is 4.65. The largest absolute Gasteiger partial charge is 0.371 e. The average Bonchev–Trinajstić information content (AvgIpc) is 2.47. The highest BCUT2D eigenvalue weighted by molar-refractivity contribution is 5.50. The normalized spacial score (nSPS) is 27.4. The minimum absolute atomic E-state index is 0.756. The standard InChI is InChI=1S/C16H20N2/c17-11-13-5-7-16(8-6-13)18-10-9-14-3-1-2-4-15(14)12-18/h5-8,14-15H,1-4,9-10,12H2. The lowest BCUT2D eigenvalue weighted by atomic mass is 9.75. The molecule has 94 valence electrons. The molecule has 0 N–H and O–H groups in total. The number of fused-ring (bicyclic) bond motifs is 1. The van der Waals surface area contributed by atoms with Gasteiger partial charge in [-0.3, -0.25) is 0 Å². The van der Waals surface area contributed by atoms with Crippen LogP contribution in [0.4, 0.5) is 5.69 Å². The van der Waals surface area contributed by atoms with Gasteiger partial charge in [0, 0.05) is 18.8 Å². The Bertz CT molecular complexity index is 443. The second kappa shape index (κ2) is 5.02. The summed E-state index contributed by atoms with van der Waals surface area (Å²) in [5.74, 6) is 1.89. The van der Waals surface area contributed by atoms with Crippen LogP contribution in [0.5, 0.6) is 0 Å². The third kappa shape index (κ3) is 2.22. The summed E-state index contributed by atoms with van der Waals surface area (Å²) in [6, 6.07) is 10.2. The van der Waals surface area contributed by atoms with E-state index >= 15 is 0 Å². The molecule has 1 saturated heterocycles. The monoisotopic (exact) mass is 240 g/mol. The Morgan fingerprint density at radius 1 is 1.00 bits per heavy atom. The molecule has 2 fully saturated rings. The van der Waals surface area contributed by atoms with E-state index in [4.69, 9.17) is 5.26 Å². The molecule has 2 heteroatoms. The van der Waals surface area contributed by atoms with Gasteiger partial charge in [-0.1, -0.05) is 19.3 Å². The molecule has 1 aliphatic carbocycles. The lowest BCUT2D eigenvalue weighted by molar-refractivity contribution is 0.202. The summed E-state index contributed by atoms with van der Waals surface area (Å²) in [7, 11) is 0. The maximum Gasteiger partial charge on any atom is 0.0991 e. The smallest absolute Gasteiger partial charge is 0.0991 e. The Kier molecular flexibility index (Phi) is 3.23. The first-order chi connectivity index (χ1) is 8.86. The number of anilines is 1. The lowest BCUT2D eigenvalue weighted by Gasteiger charge is -2.42. The minimum Gasteiger partial charge on any atom is -0.371 e. The van der Waals surface area contributed by atoms with Crippen LogP contribution in [0.15, 0.2) is 24.3 Å². The molecular formula is C16H20N2. The van der Waals surface area contributed by atoms with Crippen LogP contribution in [0.25, 0.3) is 0 Å². The third-order valence-corrected chi connectivity index (χ3v) is 4.65. The van der Waals surface area contributed by atoms with Gasteiger partial charge in [0.05, 0.1) is 11.6 Å². The van der Waals surface area contributed by atoms with Crippen molar-refractivity contribution >= 4 is 5.69 Å². The topological polar surface area (TPSA) is 27.0 Å². The molecular weight excluding hydrogens is 220 g/mol. The molecule has 0 radical (unpaired) electrons. The number of hydrogen-bond donors (Lipinski definition) is 0. The number of hydrogen-bond acceptors (Lipinski definition) is 2. The van der Waals surface area contributed by atoms with E-state index in [1.165, 1.54) is 50.9 Å². The highest BCUT2D eigenvalue weighted by Crippen LogP contribution is 2.37. The summed E-state index contributed by atoms with van der Waals surface area (Å²) in [5, 5.41) is 8.83. The molecule has 1 aromatic rings. The van der Waals surface area contributed by atoms with Crippen LogP contribution >= 0.6 is 0 Å². The number of nitriles is 1. The molecule has 1 saturated carbocycles. The molecule has 1 heterocycles. The zero-order valence-electron chi connectivity index (χ0n) is 10.8. The second-order valence-corrected chi connectivity index (χ2v) is 5.70. The van der Waals surface area contributed by atoms with Gasteiger partial charge in [-0.15, -0.1) is 0 Å². The van der Waals surface area contributed by atoms with Crippen LogP contribution in [-0.4, -0.2) is 13.1 Å². The molecule has 0 spiro atoms. The van der Waals surface area contributed by atoms with Crippen LogP contribution < -0.4 is 4.90 Å². The van der Waals surface area contributed by atoms with Crippen LogP contribution in [0.3, 0.4) is 0 Å². The van der Waals surface area contributed by atoms with Crippen LogP contribution in [0, 0.1) is 23.2 Å². The molecule has 0 bridgehead atoms. The van der Waals surface area contributed by atoms with Crippen molar-refractivity contribution in [2.45, 2.75) is 32.1 Å². The van der Waals surface area contributed by atoms with E-state index in [2.05, 4.69) is 23.1 Å². The van der Waals surface area contributed by atoms with E-state index in [-0.39, 0.29) is 0 Å². The molecule has 2 aliphatic rings. The molecule has 0 amide bonds. The molecule has 1 aromatic carbocycles. The van der Waals surface area contributed by atoms with Gasteiger partial charge in [0.15, 0.2) is 0 Å². The Morgan fingerprint density at radius 2 is 1.72 bits per heavy atom. The van der Waals surface area contributed by atoms with E-state index in [1.54, 1.807) is 0 Å². The van der Waals surface area contributed by atoms with Crippen LogP contribution in [0.2, 0.25) is 0 Å². The highest BCUT2D eigenvalue weighted by Gasteiger charge is 2.30. The Hall–Kier alpha value is -1.49.